The molecule has 0 aliphatic heterocycles. The lowest BCUT2D eigenvalue weighted by Gasteiger charge is -2.16. The minimum Gasteiger partial charge on any atom is -0.309 e. The molecule has 0 bridgehead atoms. The summed E-state index contributed by atoms with van der Waals surface area (Å²) >= 11 is 0. The number of nitrogens with zero attached hydrogens (tertiary/aromatic N) is 5. The Bertz CT molecular complexity index is 2900. The Morgan fingerprint density at radius 2 is 0.960 bits per heavy atom. The Kier molecular flexibility index (Phi) is 6.56. The number of fused-ring (bicyclic) bond motifs is 6. The van der Waals surface area contributed by atoms with Gasteiger partial charge in [-0.3, -0.25) is 0 Å². The SMILES string of the molecule is N#Cc1ccc2c(c1)c1ccc(C#N)cc1n2-c1ccc(-c2cccc(-c3ccccc3-n3c4ccccc4c4ccccc43)c2C#N)cc1. The van der Waals surface area contributed by atoms with Crippen LogP contribution in [0.4, 0.5) is 0 Å². The fraction of sp³-hybridized carbons (Fsp3) is 0. The summed E-state index contributed by atoms with van der Waals surface area (Å²) < 4.78 is 4.42. The topological polar surface area (TPSA) is 81.2 Å². The molecule has 0 N–H and O–H groups in total. The summed E-state index contributed by atoms with van der Waals surface area (Å²) in [7, 11) is 0. The second-order valence-corrected chi connectivity index (χ2v) is 12.3. The van der Waals surface area contributed by atoms with Crippen molar-refractivity contribution in [1.82, 2.24) is 9.13 Å². The van der Waals surface area contributed by atoms with Gasteiger partial charge in [0, 0.05) is 43.9 Å². The predicted octanol–water partition coefficient (Wildman–Crippen LogP) is 10.8. The fourth-order valence-corrected chi connectivity index (χ4v) is 7.44. The van der Waals surface area contributed by atoms with E-state index in [4.69, 9.17) is 0 Å². The molecular weight excluding hydrogens is 611 g/mol. The summed E-state index contributed by atoms with van der Waals surface area (Å²) in [4.78, 5) is 0. The first-order chi connectivity index (χ1) is 24.7. The molecule has 7 aromatic carbocycles. The molecule has 9 rings (SSSR count). The molecule has 2 heterocycles. The molecule has 5 nitrogen and oxygen atoms in total. The van der Waals surface area contributed by atoms with Crippen molar-refractivity contribution in [1.29, 1.82) is 15.8 Å². The first-order valence-corrected chi connectivity index (χ1v) is 16.3. The smallest absolute Gasteiger partial charge is 0.100 e. The highest BCUT2D eigenvalue weighted by Crippen LogP contribution is 2.40. The Labute approximate surface area is 287 Å². The van der Waals surface area contributed by atoms with Crippen LogP contribution in [-0.4, -0.2) is 9.13 Å². The number of para-hydroxylation sites is 3. The van der Waals surface area contributed by atoms with Gasteiger partial charge in [0.05, 0.1) is 56.6 Å². The number of nitriles is 3. The summed E-state index contributed by atoms with van der Waals surface area (Å²) in [6.45, 7) is 0. The van der Waals surface area contributed by atoms with Crippen molar-refractivity contribution >= 4 is 43.6 Å². The number of hydrogen-bond acceptors (Lipinski definition) is 3. The van der Waals surface area contributed by atoms with Crippen LogP contribution in [0.1, 0.15) is 16.7 Å². The maximum atomic E-state index is 10.7. The largest absolute Gasteiger partial charge is 0.309 e. The van der Waals surface area contributed by atoms with Crippen molar-refractivity contribution in [3.05, 3.63) is 168 Å². The molecule has 230 valence electrons. The molecule has 0 aliphatic rings. The zero-order valence-electron chi connectivity index (χ0n) is 26.7. The molecule has 0 radical (unpaired) electrons. The van der Waals surface area contributed by atoms with Crippen LogP contribution in [0, 0.1) is 34.0 Å². The van der Waals surface area contributed by atoms with Crippen molar-refractivity contribution in [2.24, 2.45) is 0 Å². The predicted molar refractivity (Wildman–Crippen MR) is 200 cm³/mol. The molecule has 50 heavy (non-hydrogen) atoms. The summed E-state index contributed by atoms with van der Waals surface area (Å²) in [5, 5.41) is 34.2. The van der Waals surface area contributed by atoms with E-state index in [1.165, 1.54) is 10.8 Å². The molecule has 0 amide bonds. The summed E-state index contributed by atoms with van der Waals surface area (Å²) in [5.41, 5.74) is 11.4. The van der Waals surface area contributed by atoms with Crippen LogP contribution in [0.3, 0.4) is 0 Å². The molecule has 0 atom stereocenters. The summed E-state index contributed by atoms with van der Waals surface area (Å²) in [5.74, 6) is 0. The standard InChI is InChI=1S/C45H25N5/c46-26-29-17-23-44-39(24-29)38-22-16-30(27-47)25-45(38)49(44)32-20-18-31(19-21-32)33-11-7-12-34(40(33)28-48)35-8-1-4-13-41(35)50-42-14-5-2-9-36(42)37-10-3-6-15-43(37)50/h1-25H. The van der Waals surface area contributed by atoms with Crippen LogP contribution in [0.25, 0.3) is 77.2 Å². The van der Waals surface area contributed by atoms with E-state index in [1.807, 2.05) is 91.0 Å². The lowest BCUT2D eigenvalue weighted by atomic mass is 9.91. The zero-order chi connectivity index (χ0) is 33.8. The molecule has 0 aliphatic carbocycles. The molecule has 0 fully saturated rings. The third kappa shape index (κ3) is 4.31. The monoisotopic (exact) mass is 635 g/mol. The van der Waals surface area contributed by atoms with Gasteiger partial charge in [-0.2, -0.15) is 15.8 Å². The van der Waals surface area contributed by atoms with Gasteiger partial charge in [-0.25, -0.2) is 0 Å². The van der Waals surface area contributed by atoms with Gasteiger partial charge in [0.1, 0.15) is 6.07 Å². The van der Waals surface area contributed by atoms with Crippen LogP contribution in [0.2, 0.25) is 0 Å². The zero-order valence-corrected chi connectivity index (χ0v) is 26.7. The normalized spacial score (nSPS) is 11.1. The minimum absolute atomic E-state index is 0.565. The van der Waals surface area contributed by atoms with E-state index in [1.54, 1.807) is 0 Å². The number of rotatable bonds is 4. The van der Waals surface area contributed by atoms with Gasteiger partial charge in [-0.15, -0.1) is 0 Å². The van der Waals surface area contributed by atoms with Crippen LogP contribution in [-0.2, 0) is 0 Å². The molecule has 0 spiro atoms. The lowest BCUT2D eigenvalue weighted by molar-refractivity contribution is 1.18. The van der Waals surface area contributed by atoms with Crippen LogP contribution in [0.5, 0.6) is 0 Å². The van der Waals surface area contributed by atoms with Gasteiger partial charge in [0.25, 0.3) is 0 Å². The van der Waals surface area contributed by atoms with Crippen molar-refractivity contribution in [2.75, 3.05) is 0 Å². The minimum atomic E-state index is 0.565. The molecule has 2 aromatic heterocycles. The van der Waals surface area contributed by atoms with E-state index in [2.05, 4.69) is 88.0 Å². The van der Waals surface area contributed by atoms with Crippen molar-refractivity contribution in [2.45, 2.75) is 0 Å². The van der Waals surface area contributed by atoms with E-state index in [-0.39, 0.29) is 0 Å². The highest BCUT2D eigenvalue weighted by atomic mass is 15.0. The summed E-state index contributed by atoms with van der Waals surface area (Å²) in [6.07, 6.45) is 0. The van der Waals surface area contributed by atoms with Crippen molar-refractivity contribution in [3.63, 3.8) is 0 Å². The molecule has 0 unspecified atom stereocenters. The third-order valence-electron chi connectivity index (χ3n) is 9.65. The van der Waals surface area contributed by atoms with E-state index in [0.29, 0.717) is 16.7 Å². The molecule has 0 saturated carbocycles. The average molecular weight is 636 g/mol. The van der Waals surface area contributed by atoms with Crippen LogP contribution >= 0.6 is 0 Å². The Balaban J connectivity index is 1.19. The average Bonchev–Trinajstić information content (AvgIpc) is 3.69. The van der Waals surface area contributed by atoms with Gasteiger partial charge < -0.3 is 9.13 Å². The Hall–Kier alpha value is -7.39. The van der Waals surface area contributed by atoms with Crippen molar-refractivity contribution in [3.8, 4) is 51.8 Å². The highest BCUT2D eigenvalue weighted by Gasteiger charge is 2.19. The summed E-state index contributed by atoms with van der Waals surface area (Å²) in [6, 6.07) is 57.8. The second-order valence-electron chi connectivity index (χ2n) is 12.3. The molecule has 9 aromatic rings. The molecular formula is C45H25N5. The Morgan fingerprint density at radius 3 is 1.68 bits per heavy atom. The van der Waals surface area contributed by atoms with Crippen LogP contribution in [0.15, 0.2) is 152 Å². The number of hydrogen-bond donors (Lipinski definition) is 0. The van der Waals surface area contributed by atoms with E-state index in [0.717, 1.165) is 66.5 Å². The van der Waals surface area contributed by atoms with Gasteiger partial charge in [0.2, 0.25) is 0 Å². The van der Waals surface area contributed by atoms with Gasteiger partial charge in [-0.1, -0.05) is 91.0 Å². The third-order valence-corrected chi connectivity index (χ3v) is 9.65. The van der Waals surface area contributed by atoms with Gasteiger partial charge >= 0.3 is 0 Å². The maximum Gasteiger partial charge on any atom is 0.100 e. The number of benzene rings is 7. The second kappa shape index (κ2) is 11.4. The number of aromatic nitrogens is 2. The van der Waals surface area contributed by atoms with E-state index in [9.17, 15) is 15.8 Å². The highest BCUT2D eigenvalue weighted by molar-refractivity contribution is 6.11. The Morgan fingerprint density at radius 1 is 0.380 bits per heavy atom. The van der Waals surface area contributed by atoms with Gasteiger partial charge in [-0.05, 0) is 66.2 Å². The quantitative estimate of drug-likeness (QED) is 0.193. The molecule has 5 heteroatoms. The van der Waals surface area contributed by atoms with E-state index < -0.39 is 0 Å². The van der Waals surface area contributed by atoms with Crippen molar-refractivity contribution < 1.29 is 0 Å². The maximum absolute atomic E-state index is 10.7. The fourth-order valence-electron chi connectivity index (χ4n) is 7.44. The first kappa shape index (κ1) is 28.8. The van der Waals surface area contributed by atoms with Gasteiger partial charge in [0.15, 0.2) is 0 Å². The van der Waals surface area contributed by atoms with Crippen LogP contribution < -0.4 is 0 Å². The molecule has 0 saturated heterocycles. The first-order valence-electron chi connectivity index (χ1n) is 16.3. The van der Waals surface area contributed by atoms with E-state index >= 15 is 0 Å². The lowest BCUT2D eigenvalue weighted by Crippen LogP contribution is -1.99.